The zero-order chi connectivity index (χ0) is 18.7. The Balaban J connectivity index is 1.62. The van der Waals surface area contributed by atoms with Gasteiger partial charge in [0.1, 0.15) is 18.4 Å². The monoisotopic (exact) mass is 353 g/mol. The number of aromatic nitrogens is 3. The summed E-state index contributed by atoms with van der Waals surface area (Å²) in [6, 6.07) is 11.6. The Hall–Kier alpha value is -3.42. The van der Waals surface area contributed by atoms with Crippen LogP contribution in [0.15, 0.2) is 55.0 Å². The molecule has 134 valence electrons. The SMILES string of the molecule is Cc1nn(CC(=O)NC(C)c2ccc(-n3cccc3)cc2)cc1[N+](=O)[O-]. The second kappa shape index (κ2) is 7.22. The highest BCUT2D eigenvalue weighted by Crippen LogP contribution is 2.17. The molecule has 2 heterocycles. The van der Waals surface area contributed by atoms with Crippen molar-refractivity contribution >= 4 is 11.6 Å². The van der Waals surface area contributed by atoms with Crippen LogP contribution < -0.4 is 5.32 Å². The molecule has 1 unspecified atom stereocenters. The van der Waals surface area contributed by atoms with E-state index >= 15 is 0 Å². The van der Waals surface area contributed by atoms with Crippen molar-refractivity contribution in [3.63, 3.8) is 0 Å². The summed E-state index contributed by atoms with van der Waals surface area (Å²) in [5, 5.41) is 17.7. The lowest BCUT2D eigenvalue weighted by Gasteiger charge is -2.15. The van der Waals surface area contributed by atoms with Gasteiger partial charge in [-0.1, -0.05) is 12.1 Å². The summed E-state index contributed by atoms with van der Waals surface area (Å²) in [6.45, 7) is 3.36. The van der Waals surface area contributed by atoms with Gasteiger partial charge in [0, 0.05) is 18.1 Å². The molecular formula is C18H19N5O3. The molecule has 8 heteroatoms. The van der Waals surface area contributed by atoms with Gasteiger partial charge in [-0.3, -0.25) is 19.6 Å². The Morgan fingerprint density at radius 2 is 1.92 bits per heavy atom. The first kappa shape index (κ1) is 17.4. The first-order valence-electron chi connectivity index (χ1n) is 8.15. The molecule has 0 saturated carbocycles. The largest absolute Gasteiger partial charge is 0.348 e. The molecule has 0 bridgehead atoms. The average Bonchev–Trinajstić information content (AvgIpc) is 3.24. The van der Waals surface area contributed by atoms with Gasteiger partial charge in [0.2, 0.25) is 5.91 Å². The van der Waals surface area contributed by atoms with E-state index in [9.17, 15) is 14.9 Å². The molecule has 2 aromatic heterocycles. The normalized spacial score (nSPS) is 11.9. The van der Waals surface area contributed by atoms with Crippen molar-refractivity contribution in [1.82, 2.24) is 19.7 Å². The molecule has 26 heavy (non-hydrogen) atoms. The summed E-state index contributed by atoms with van der Waals surface area (Å²) in [5.41, 5.74) is 2.20. The number of hydrogen-bond donors (Lipinski definition) is 1. The maximum absolute atomic E-state index is 12.2. The lowest BCUT2D eigenvalue weighted by atomic mass is 10.1. The Morgan fingerprint density at radius 1 is 1.27 bits per heavy atom. The topological polar surface area (TPSA) is 95.0 Å². The fourth-order valence-electron chi connectivity index (χ4n) is 2.73. The second-order valence-corrected chi connectivity index (χ2v) is 6.03. The fraction of sp³-hybridized carbons (Fsp3) is 0.222. The van der Waals surface area contributed by atoms with E-state index in [4.69, 9.17) is 0 Å². The van der Waals surface area contributed by atoms with E-state index in [0.29, 0.717) is 0 Å². The van der Waals surface area contributed by atoms with Crippen LogP contribution in [0.4, 0.5) is 5.69 Å². The number of amides is 1. The summed E-state index contributed by atoms with van der Waals surface area (Å²) in [7, 11) is 0. The van der Waals surface area contributed by atoms with Crippen LogP contribution in [0.3, 0.4) is 0 Å². The molecule has 1 atom stereocenters. The predicted molar refractivity (Wildman–Crippen MR) is 95.9 cm³/mol. The number of carbonyl (C=O) groups is 1. The number of benzene rings is 1. The highest BCUT2D eigenvalue weighted by molar-refractivity contribution is 5.76. The average molecular weight is 353 g/mol. The van der Waals surface area contributed by atoms with Gasteiger partial charge >= 0.3 is 5.69 Å². The highest BCUT2D eigenvalue weighted by atomic mass is 16.6. The van der Waals surface area contributed by atoms with Crippen molar-refractivity contribution < 1.29 is 9.72 Å². The maximum Gasteiger partial charge on any atom is 0.309 e. The van der Waals surface area contributed by atoms with Crippen molar-refractivity contribution in [3.8, 4) is 5.69 Å². The van der Waals surface area contributed by atoms with Crippen LogP contribution in [0.2, 0.25) is 0 Å². The lowest BCUT2D eigenvalue weighted by Crippen LogP contribution is -2.30. The molecule has 0 aliphatic rings. The van der Waals surface area contributed by atoms with E-state index in [1.807, 2.05) is 60.3 Å². The van der Waals surface area contributed by atoms with Gasteiger partial charge in [-0.05, 0) is 43.7 Å². The van der Waals surface area contributed by atoms with Crippen LogP contribution in [0.25, 0.3) is 5.69 Å². The standard InChI is InChI=1S/C18H19N5O3/c1-13(15-5-7-16(8-6-15)21-9-3-4-10-21)19-18(24)12-22-11-17(23(25)26)14(2)20-22/h3-11,13H,12H2,1-2H3,(H,19,24). The minimum Gasteiger partial charge on any atom is -0.348 e. The van der Waals surface area contributed by atoms with E-state index in [2.05, 4.69) is 10.4 Å². The third-order valence-electron chi connectivity index (χ3n) is 4.10. The molecule has 1 N–H and O–H groups in total. The van der Waals surface area contributed by atoms with Crippen molar-refractivity contribution in [3.05, 3.63) is 76.4 Å². The number of aryl methyl sites for hydroxylation is 1. The summed E-state index contributed by atoms with van der Waals surface area (Å²) >= 11 is 0. The zero-order valence-electron chi connectivity index (χ0n) is 14.5. The summed E-state index contributed by atoms with van der Waals surface area (Å²) in [6.07, 6.45) is 5.20. The quantitative estimate of drug-likeness (QED) is 0.544. The first-order valence-corrected chi connectivity index (χ1v) is 8.15. The van der Waals surface area contributed by atoms with E-state index in [0.717, 1.165) is 11.3 Å². The van der Waals surface area contributed by atoms with E-state index < -0.39 is 4.92 Å². The van der Waals surface area contributed by atoms with Gasteiger partial charge in [-0.2, -0.15) is 5.10 Å². The molecule has 1 aromatic carbocycles. The summed E-state index contributed by atoms with van der Waals surface area (Å²) in [4.78, 5) is 22.5. The van der Waals surface area contributed by atoms with Gasteiger partial charge in [-0.15, -0.1) is 0 Å². The van der Waals surface area contributed by atoms with E-state index in [-0.39, 0.29) is 29.9 Å². The molecule has 8 nitrogen and oxygen atoms in total. The number of hydrogen-bond acceptors (Lipinski definition) is 4. The molecule has 3 rings (SSSR count). The minimum absolute atomic E-state index is 0.0690. The van der Waals surface area contributed by atoms with Gasteiger partial charge in [-0.25, -0.2) is 0 Å². The summed E-state index contributed by atoms with van der Waals surface area (Å²) < 4.78 is 3.28. The Morgan fingerprint density at radius 3 is 2.50 bits per heavy atom. The van der Waals surface area contributed by atoms with E-state index in [1.54, 1.807) is 6.92 Å². The molecule has 3 aromatic rings. The van der Waals surface area contributed by atoms with Crippen molar-refractivity contribution in [2.75, 3.05) is 0 Å². The smallest absolute Gasteiger partial charge is 0.309 e. The minimum atomic E-state index is -0.508. The van der Waals surface area contributed by atoms with Gasteiger partial charge in [0.05, 0.1) is 11.0 Å². The fourth-order valence-corrected chi connectivity index (χ4v) is 2.73. The molecular weight excluding hydrogens is 334 g/mol. The van der Waals surface area contributed by atoms with E-state index in [1.165, 1.54) is 10.9 Å². The van der Waals surface area contributed by atoms with Crippen LogP contribution in [0, 0.1) is 17.0 Å². The second-order valence-electron chi connectivity index (χ2n) is 6.03. The molecule has 0 fully saturated rings. The van der Waals surface area contributed by atoms with Crippen LogP contribution in [0.5, 0.6) is 0 Å². The van der Waals surface area contributed by atoms with Gasteiger partial charge in [0.25, 0.3) is 0 Å². The molecule has 0 radical (unpaired) electrons. The number of rotatable bonds is 6. The Bertz CT molecular complexity index is 913. The van der Waals surface area contributed by atoms with Crippen LogP contribution in [-0.2, 0) is 11.3 Å². The van der Waals surface area contributed by atoms with Crippen LogP contribution in [-0.4, -0.2) is 25.2 Å². The third-order valence-corrected chi connectivity index (χ3v) is 4.10. The first-order chi connectivity index (χ1) is 12.4. The van der Waals surface area contributed by atoms with Crippen LogP contribution >= 0.6 is 0 Å². The Labute approximate surface area is 150 Å². The number of nitro groups is 1. The Kier molecular flexibility index (Phi) is 4.83. The van der Waals surface area contributed by atoms with Crippen molar-refractivity contribution in [1.29, 1.82) is 0 Å². The van der Waals surface area contributed by atoms with Gasteiger partial charge < -0.3 is 9.88 Å². The van der Waals surface area contributed by atoms with Crippen molar-refractivity contribution in [2.24, 2.45) is 0 Å². The number of carbonyl (C=O) groups excluding carboxylic acids is 1. The molecule has 1 amide bonds. The molecule has 0 saturated heterocycles. The van der Waals surface area contributed by atoms with Gasteiger partial charge in [0.15, 0.2) is 0 Å². The maximum atomic E-state index is 12.2. The summed E-state index contributed by atoms with van der Waals surface area (Å²) in [5.74, 6) is -0.260. The van der Waals surface area contributed by atoms with Crippen molar-refractivity contribution in [2.45, 2.75) is 26.4 Å². The molecule has 0 aliphatic heterocycles. The molecule has 0 spiro atoms. The number of nitrogens with zero attached hydrogens (tertiary/aromatic N) is 4. The lowest BCUT2D eigenvalue weighted by molar-refractivity contribution is -0.385. The molecule has 0 aliphatic carbocycles. The highest BCUT2D eigenvalue weighted by Gasteiger charge is 2.17. The number of nitrogens with one attached hydrogen (secondary N) is 1. The predicted octanol–water partition coefficient (Wildman–Crippen LogP) is 2.77. The zero-order valence-corrected chi connectivity index (χ0v) is 14.5. The third kappa shape index (κ3) is 3.80. The van der Waals surface area contributed by atoms with Crippen LogP contribution in [0.1, 0.15) is 24.2 Å².